The van der Waals surface area contributed by atoms with Crippen LogP contribution in [0.15, 0.2) is 48.6 Å². The van der Waals surface area contributed by atoms with E-state index in [1.54, 1.807) is 5.56 Å². The Morgan fingerprint density at radius 2 is 1.67 bits per heavy atom. The molecule has 21 heavy (non-hydrogen) atoms. The van der Waals surface area contributed by atoms with Gasteiger partial charge in [-0.25, -0.2) is 0 Å². The SMILES string of the molecule is CC/C=C/C=C/C1CCC(c2ccc(CCC)cc2)CC1. The lowest BCUT2D eigenvalue weighted by atomic mass is 9.78. The van der Waals surface area contributed by atoms with Gasteiger partial charge in [-0.05, 0) is 61.5 Å². The number of hydrogen-bond acceptors (Lipinski definition) is 0. The van der Waals surface area contributed by atoms with Gasteiger partial charge >= 0.3 is 0 Å². The van der Waals surface area contributed by atoms with E-state index in [-0.39, 0.29) is 0 Å². The number of rotatable bonds is 6. The van der Waals surface area contributed by atoms with Crippen LogP contribution in [0.5, 0.6) is 0 Å². The van der Waals surface area contributed by atoms with E-state index < -0.39 is 0 Å². The molecule has 0 atom stereocenters. The summed E-state index contributed by atoms with van der Waals surface area (Å²) in [5.74, 6) is 1.58. The predicted octanol–water partition coefficient (Wildman–Crippen LogP) is 6.44. The summed E-state index contributed by atoms with van der Waals surface area (Å²) in [6.45, 7) is 4.43. The van der Waals surface area contributed by atoms with Crippen molar-refractivity contribution in [2.75, 3.05) is 0 Å². The van der Waals surface area contributed by atoms with Crippen molar-refractivity contribution >= 4 is 0 Å². The van der Waals surface area contributed by atoms with Gasteiger partial charge in [0.15, 0.2) is 0 Å². The zero-order chi connectivity index (χ0) is 14.9. The molecule has 1 aliphatic carbocycles. The third-order valence-corrected chi connectivity index (χ3v) is 4.63. The molecule has 0 amide bonds. The van der Waals surface area contributed by atoms with Gasteiger partial charge in [0.05, 0.1) is 0 Å². The second-order valence-electron chi connectivity index (χ2n) is 6.32. The van der Waals surface area contributed by atoms with Crippen molar-refractivity contribution in [3.8, 4) is 0 Å². The van der Waals surface area contributed by atoms with E-state index in [4.69, 9.17) is 0 Å². The van der Waals surface area contributed by atoms with Crippen molar-refractivity contribution in [2.24, 2.45) is 5.92 Å². The molecule has 0 aliphatic heterocycles. The van der Waals surface area contributed by atoms with E-state index >= 15 is 0 Å². The van der Waals surface area contributed by atoms with Crippen LogP contribution in [0.25, 0.3) is 0 Å². The van der Waals surface area contributed by atoms with Crippen LogP contribution in [0.3, 0.4) is 0 Å². The summed E-state index contributed by atoms with van der Waals surface area (Å²) < 4.78 is 0. The van der Waals surface area contributed by atoms with Crippen LogP contribution in [0.1, 0.15) is 69.4 Å². The van der Waals surface area contributed by atoms with Gasteiger partial charge in [-0.3, -0.25) is 0 Å². The zero-order valence-corrected chi connectivity index (χ0v) is 13.7. The lowest BCUT2D eigenvalue weighted by Gasteiger charge is -2.27. The Labute approximate surface area is 131 Å². The number of aryl methyl sites for hydroxylation is 1. The fourth-order valence-corrected chi connectivity index (χ4v) is 3.33. The van der Waals surface area contributed by atoms with Crippen LogP contribution in [0.4, 0.5) is 0 Å². The summed E-state index contributed by atoms with van der Waals surface area (Å²) in [6, 6.07) is 9.41. The van der Waals surface area contributed by atoms with E-state index in [0.29, 0.717) is 0 Å². The zero-order valence-electron chi connectivity index (χ0n) is 13.7. The summed E-state index contributed by atoms with van der Waals surface area (Å²) in [7, 11) is 0. The third-order valence-electron chi connectivity index (χ3n) is 4.63. The standard InChI is InChI=1S/C21H30/c1-3-5-6-7-9-19-12-16-21(17-13-19)20-14-10-18(8-4-2)11-15-20/h5-7,9-11,14-15,19,21H,3-4,8,12-13,16-17H2,1-2H3/b6-5+,9-7+. The molecule has 0 aromatic heterocycles. The second kappa shape index (κ2) is 8.87. The Morgan fingerprint density at radius 3 is 2.29 bits per heavy atom. The molecule has 0 radical (unpaired) electrons. The molecule has 0 bridgehead atoms. The second-order valence-corrected chi connectivity index (χ2v) is 6.32. The van der Waals surface area contributed by atoms with Gasteiger partial charge in [-0.1, -0.05) is 68.8 Å². The van der Waals surface area contributed by atoms with Crippen LogP contribution in [-0.4, -0.2) is 0 Å². The third kappa shape index (κ3) is 5.19. The Morgan fingerprint density at radius 1 is 0.952 bits per heavy atom. The Kier molecular flexibility index (Phi) is 6.79. The van der Waals surface area contributed by atoms with Crippen molar-refractivity contribution in [3.05, 3.63) is 59.7 Å². The molecule has 114 valence electrons. The van der Waals surface area contributed by atoms with Crippen LogP contribution in [-0.2, 0) is 6.42 Å². The van der Waals surface area contributed by atoms with E-state index in [1.807, 2.05) is 0 Å². The summed E-state index contributed by atoms with van der Waals surface area (Å²) in [5.41, 5.74) is 3.05. The van der Waals surface area contributed by atoms with Crippen molar-refractivity contribution in [1.82, 2.24) is 0 Å². The first kappa shape index (κ1) is 16.1. The molecule has 0 spiro atoms. The molecule has 1 aromatic rings. The average Bonchev–Trinajstić information content (AvgIpc) is 2.53. The lowest BCUT2D eigenvalue weighted by Crippen LogP contribution is -2.11. The molecule has 1 fully saturated rings. The van der Waals surface area contributed by atoms with Gasteiger partial charge in [-0.2, -0.15) is 0 Å². The van der Waals surface area contributed by atoms with Crippen LogP contribution in [0, 0.1) is 5.92 Å². The minimum Gasteiger partial charge on any atom is -0.0848 e. The summed E-state index contributed by atoms with van der Waals surface area (Å²) in [4.78, 5) is 0. The van der Waals surface area contributed by atoms with Gasteiger partial charge < -0.3 is 0 Å². The highest BCUT2D eigenvalue weighted by Gasteiger charge is 2.20. The molecule has 0 heterocycles. The number of benzene rings is 1. The summed E-state index contributed by atoms with van der Waals surface area (Å²) in [6.07, 6.45) is 18.0. The first-order valence-corrected chi connectivity index (χ1v) is 8.75. The smallest absolute Gasteiger partial charge is 0.0162 e. The molecule has 1 aliphatic rings. The maximum Gasteiger partial charge on any atom is -0.0162 e. The molecular formula is C21H30. The van der Waals surface area contributed by atoms with E-state index in [1.165, 1.54) is 44.1 Å². The monoisotopic (exact) mass is 282 g/mol. The molecule has 0 unspecified atom stereocenters. The molecular weight excluding hydrogens is 252 g/mol. The fourth-order valence-electron chi connectivity index (χ4n) is 3.33. The molecule has 0 heteroatoms. The molecule has 1 saturated carbocycles. The maximum absolute atomic E-state index is 2.41. The lowest BCUT2D eigenvalue weighted by molar-refractivity contribution is 0.376. The van der Waals surface area contributed by atoms with Gasteiger partial charge in [0.2, 0.25) is 0 Å². The predicted molar refractivity (Wildman–Crippen MR) is 93.7 cm³/mol. The van der Waals surface area contributed by atoms with E-state index in [2.05, 4.69) is 62.4 Å². The first-order chi connectivity index (χ1) is 10.3. The van der Waals surface area contributed by atoms with Crippen molar-refractivity contribution < 1.29 is 0 Å². The maximum atomic E-state index is 2.41. The van der Waals surface area contributed by atoms with Gasteiger partial charge in [-0.15, -0.1) is 0 Å². The highest BCUT2D eigenvalue weighted by molar-refractivity contribution is 5.26. The van der Waals surface area contributed by atoms with Gasteiger partial charge in [0.1, 0.15) is 0 Å². The Balaban J connectivity index is 1.83. The van der Waals surface area contributed by atoms with Crippen LogP contribution >= 0.6 is 0 Å². The summed E-state index contributed by atoms with van der Waals surface area (Å²) >= 11 is 0. The number of hydrogen-bond donors (Lipinski definition) is 0. The number of allylic oxidation sites excluding steroid dienone is 4. The quantitative estimate of drug-likeness (QED) is 0.527. The average molecular weight is 282 g/mol. The van der Waals surface area contributed by atoms with E-state index in [0.717, 1.165) is 18.3 Å². The van der Waals surface area contributed by atoms with Crippen LogP contribution < -0.4 is 0 Å². The van der Waals surface area contributed by atoms with Crippen molar-refractivity contribution in [3.63, 3.8) is 0 Å². The van der Waals surface area contributed by atoms with Crippen molar-refractivity contribution in [1.29, 1.82) is 0 Å². The molecule has 1 aromatic carbocycles. The highest BCUT2D eigenvalue weighted by Crippen LogP contribution is 2.36. The fraction of sp³-hybridized carbons (Fsp3) is 0.524. The molecule has 0 nitrogen and oxygen atoms in total. The minimum absolute atomic E-state index is 0.788. The largest absolute Gasteiger partial charge is 0.0848 e. The molecule has 0 saturated heterocycles. The topological polar surface area (TPSA) is 0 Å². The molecule has 2 rings (SSSR count). The first-order valence-electron chi connectivity index (χ1n) is 8.75. The molecule has 0 N–H and O–H groups in total. The summed E-state index contributed by atoms with van der Waals surface area (Å²) in [5, 5.41) is 0. The minimum atomic E-state index is 0.788. The van der Waals surface area contributed by atoms with Crippen molar-refractivity contribution in [2.45, 2.75) is 64.7 Å². The Bertz CT molecular complexity index is 441. The highest BCUT2D eigenvalue weighted by atomic mass is 14.2. The normalized spacial score (nSPS) is 23.1. The van der Waals surface area contributed by atoms with E-state index in [9.17, 15) is 0 Å². The van der Waals surface area contributed by atoms with Crippen LogP contribution in [0.2, 0.25) is 0 Å². The Hall–Kier alpha value is -1.30. The van der Waals surface area contributed by atoms with Gasteiger partial charge in [0, 0.05) is 0 Å². The van der Waals surface area contributed by atoms with Gasteiger partial charge in [0.25, 0.3) is 0 Å².